The zero-order valence-electron chi connectivity index (χ0n) is 16.1. The van der Waals surface area contributed by atoms with Crippen molar-refractivity contribution in [2.45, 2.75) is 17.5 Å². The smallest absolute Gasteiger partial charge is 0.293 e. The van der Waals surface area contributed by atoms with Crippen LogP contribution in [0.3, 0.4) is 0 Å². The van der Waals surface area contributed by atoms with Gasteiger partial charge in [0.05, 0.1) is 16.9 Å². The molecule has 2 aromatic carbocycles. The Morgan fingerprint density at radius 2 is 1.73 bits per heavy atom. The van der Waals surface area contributed by atoms with Crippen molar-refractivity contribution in [2.24, 2.45) is 0 Å². The highest BCUT2D eigenvalue weighted by molar-refractivity contribution is 7.98. The lowest BCUT2D eigenvalue weighted by Crippen LogP contribution is -2.40. The summed E-state index contributed by atoms with van der Waals surface area (Å²) in [5.41, 5.74) is 1.54. The summed E-state index contributed by atoms with van der Waals surface area (Å²) in [6.45, 7) is 0.317. The molecule has 4 rings (SSSR count). The van der Waals surface area contributed by atoms with Gasteiger partial charge in [0.25, 0.3) is 0 Å². The lowest BCUT2D eigenvalue weighted by atomic mass is 10.1. The van der Waals surface area contributed by atoms with Crippen LogP contribution in [0.5, 0.6) is 0 Å². The molecule has 0 fully saturated rings. The van der Waals surface area contributed by atoms with Crippen molar-refractivity contribution < 1.29 is 18.0 Å². The van der Waals surface area contributed by atoms with Gasteiger partial charge in [-0.25, -0.2) is 4.79 Å². The molecule has 154 valence electrons. The van der Waals surface area contributed by atoms with E-state index in [1.165, 1.54) is 9.80 Å². The molecule has 0 spiro atoms. The molecule has 0 unspecified atom stereocenters. The Morgan fingerprint density at radius 1 is 1.07 bits per heavy atom. The number of thioether (sulfide) groups is 1. The van der Waals surface area contributed by atoms with Crippen LogP contribution in [0.4, 0.5) is 35.0 Å². The number of carbonyl (C=O) groups excluding carboxylic acids is 1. The number of hydrogen-bond donors (Lipinski definition) is 0. The lowest BCUT2D eigenvalue weighted by Gasteiger charge is -2.29. The first kappa shape index (κ1) is 20.3. The van der Waals surface area contributed by atoms with Gasteiger partial charge in [-0.3, -0.25) is 14.8 Å². The number of carbonyl (C=O) groups is 1. The van der Waals surface area contributed by atoms with E-state index in [1.54, 1.807) is 61.1 Å². The fraction of sp³-hybridized carbons (Fsp3) is 0.182. The average molecular weight is 429 g/mol. The second kappa shape index (κ2) is 8.02. The largest absolute Gasteiger partial charge is 0.417 e. The summed E-state index contributed by atoms with van der Waals surface area (Å²) >= 11 is 1.06. The number of amides is 2. The fourth-order valence-corrected chi connectivity index (χ4v) is 4.22. The zero-order chi connectivity index (χ0) is 21.3. The summed E-state index contributed by atoms with van der Waals surface area (Å²) in [6.07, 6.45) is 0.780. The highest BCUT2D eigenvalue weighted by atomic mass is 32.2. The van der Waals surface area contributed by atoms with Crippen LogP contribution in [0.15, 0.2) is 71.9 Å². The first-order valence-electron chi connectivity index (χ1n) is 9.25. The first-order chi connectivity index (χ1) is 14.4. The van der Waals surface area contributed by atoms with Crippen molar-refractivity contribution >= 4 is 34.9 Å². The molecule has 0 saturated heterocycles. The van der Waals surface area contributed by atoms with Crippen molar-refractivity contribution in [2.75, 3.05) is 22.6 Å². The van der Waals surface area contributed by atoms with Crippen LogP contribution in [-0.4, -0.2) is 23.8 Å². The van der Waals surface area contributed by atoms with Crippen molar-refractivity contribution in [1.82, 2.24) is 4.98 Å². The molecule has 0 N–H and O–H groups in total. The second-order valence-corrected chi connectivity index (χ2v) is 7.59. The number of fused-ring (bicyclic) bond motifs is 1. The fourth-order valence-electron chi connectivity index (χ4n) is 3.56. The highest BCUT2D eigenvalue weighted by Crippen LogP contribution is 2.42. The number of para-hydroxylation sites is 1. The van der Waals surface area contributed by atoms with Gasteiger partial charge in [-0.1, -0.05) is 18.2 Å². The van der Waals surface area contributed by atoms with Gasteiger partial charge in [-0.15, -0.1) is 11.8 Å². The summed E-state index contributed by atoms with van der Waals surface area (Å²) in [7, 11) is 0. The van der Waals surface area contributed by atoms with Crippen LogP contribution in [-0.2, 0) is 12.6 Å². The van der Waals surface area contributed by atoms with Gasteiger partial charge in [-0.2, -0.15) is 13.2 Å². The summed E-state index contributed by atoms with van der Waals surface area (Å²) in [4.78, 5) is 20.6. The van der Waals surface area contributed by atoms with Gasteiger partial charge in [0.1, 0.15) is 0 Å². The minimum Gasteiger partial charge on any atom is -0.293 e. The molecular weight excluding hydrogens is 411 g/mol. The highest BCUT2D eigenvalue weighted by Gasteiger charge is 2.37. The van der Waals surface area contributed by atoms with Crippen molar-refractivity contribution in [3.8, 4) is 0 Å². The molecule has 30 heavy (non-hydrogen) atoms. The predicted octanol–water partition coefficient (Wildman–Crippen LogP) is 6.14. The number of nitrogens with zero attached hydrogens (tertiary/aromatic N) is 3. The normalized spacial score (nSPS) is 13.3. The lowest BCUT2D eigenvalue weighted by molar-refractivity contribution is -0.139. The molecule has 1 aromatic heterocycles. The van der Waals surface area contributed by atoms with E-state index < -0.39 is 17.8 Å². The number of aromatic nitrogens is 1. The Labute approximate surface area is 176 Å². The number of alkyl halides is 3. The molecule has 1 aliphatic heterocycles. The monoisotopic (exact) mass is 429 g/mol. The van der Waals surface area contributed by atoms with E-state index in [4.69, 9.17) is 0 Å². The van der Waals surface area contributed by atoms with E-state index in [2.05, 4.69) is 4.98 Å². The SMILES string of the molecule is CSc1cc2c(cc1C(F)(F)F)N(C(=O)N(c1ccccc1)c1ccncc1)CC2. The van der Waals surface area contributed by atoms with E-state index in [0.717, 1.165) is 23.4 Å². The maximum Gasteiger partial charge on any atom is 0.417 e. The summed E-state index contributed by atoms with van der Waals surface area (Å²) in [6, 6.07) is 14.7. The minimum atomic E-state index is -4.49. The molecule has 1 aliphatic rings. The molecule has 0 bridgehead atoms. The number of rotatable bonds is 3. The third kappa shape index (κ3) is 3.75. The van der Waals surface area contributed by atoms with E-state index in [-0.39, 0.29) is 4.90 Å². The van der Waals surface area contributed by atoms with Crippen LogP contribution in [0.25, 0.3) is 0 Å². The number of hydrogen-bond acceptors (Lipinski definition) is 3. The average Bonchev–Trinajstić information content (AvgIpc) is 3.17. The van der Waals surface area contributed by atoms with Gasteiger partial charge in [0, 0.05) is 29.5 Å². The second-order valence-electron chi connectivity index (χ2n) is 6.74. The molecule has 4 nitrogen and oxygen atoms in total. The van der Waals surface area contributed by atoms with E-state index in [1.807, 2.05) is 6.07 Å². The third-order valence-corrected chi connectivity index (χ3v) is 5.74. The van der Waals surface area contributed by atoms with Gasteiger partial charge < -0.3 is 0 Å². The molecule has 2 amide bonds. The molecule has 2 heterocycles. The van der Waals surface area contributed by atoms with Gasteiger partial charge in [0.2, 0.25) is 0 Å². The number of benzene rings is 2. The van der Waals surface area contributed by atoms with Crippen molar-refractivity contribution in [1.29, 1.82) is 0 Å². The van der Waals surface area contributed by atoms with Crippen LogP contribution in [0.1, 0.15) is 11.1 Å². The maximum absolute atomic E-state index is 13.6. The van der Waals surface area contributed by atoms with Crippen LogP contribution >= 0.6 is 11.8 Å². The van der Waals surface area contributed by atoms with Crippen LogP contribution in [0.2, 0.25) is 0 Å². The van der Waals surface area contributed by atoms with E-state index in [9.17, 15) is 18.0 Å². The Bertz CT molecular complexity index is 1020. The summed E-state index contributed by atoms with van der Waals surface area (Å²) < 4.78 is 40.8. The molecular formula is C22H18F3N3OS. The number of urea groups is 1. The standard InChI is InChI=1S/C22H18F3N3OS/c1-30-20-13-15-9-12-27(19(15)14-18(20)22(23,24)25)21(29)28(16-5-3-2-4-6-16)17-7-10-26-11-8-17/h2-8,10-11,13-14H,9,12H2,1H3. The summed E-state index contributed by atoms with van der Waals surface area (Å²) in [5, 5.41) is 0. The Balaban J connectivity index is 1.79. The molecule has 8 heteroatoms. The maximum atomic E-state index is 13.6. The Hall–Kier alpha value is -3.00. The van der Waals surface area contributed by atoms with Gasteiger partial charge in [0.15, 0.2) is 0 Å². The summed E-state index contributed by atoms with van der Waals surface area (Å²) in [5.74, 6) is 0. The van der Waals surface area contributed by atoms with Crippen LogP contribution in [0, 0.1) is 0 Å². The predicted molar refractivity (Wildman–Crippen MR) is 112 cm³/mol. The molecule has 0 atom stereocenters. The minimum absolute atomic E-state index is 0.171. The molecule has 0 aliphatic carbocycles. The molecule has 0 radical (unpaired) electrons. The van der Waals surface area contributed by atoms with Crippen molar-refractivity contribution in [3.63, 3.8) is 0 Å². The topological polar surface area (TPSA) is 36.4 Å². The van der Waals surface area contributed by atoms with Gasteiger partial charge in [-0.05, 0) is 54.6 Å². The zero-order valence-corrected chi connectivity index (χ0v) is 16.9. The number of halogens is 3. The van der Waals surface area contributed by atoms with Crippen molar-refractivity contribution in [3.05, 3.63) is 78.1 Å². The quantitative estimate of drug-likeness (QED) is 0.469. The van der Waals surface area contributed by atoms with Crippen LogP contribution < -0.4 is 9.80 Å². The Morgan fingerprint density at radius 3 is 2.37 bits per heavy atom. The molecule has 3 aromatic rings. The van der Waals surface area contributed by atoms with E-state index in [0.29, 0.717) is 30.0 Å². The van der Waals surface area contributed by atoms with E-state index >= 15 is 0 Å². The molecule has 0 saturated carbocycles. The number of anilines is 3. The van der Waals surface area contributed by atoms with Gasteiger partial charge >= 0.3 is 12.2 Å². The Kier molecular flexibility index (Phi) is 5.42. The first-order valence-corrected chi connectivity index (χ1v) is 10.5. The number of pyridine rings is 1. The third-order valence-electron chi connectivity index (χ3n) is 4.96.